The summed E-state index contributed by atoms with van der Waals surface area (Å²) in [6.07, 6.45) is 7.08. The van der Waals surface area contributed by atoms with E-state index in [1.54, 1.807) is 12.4 Å². The van der Waals surface area contributed by atoms with Gasteiger partial charge < -0.3 is 14.6 Å². The van der Waals surface area contributed by atoms with Crippen LogP contribution in [0.25, 0.3) is 11.4 Å². The number of hydrogen-bond acceptors (Lipinski definition) is 7. The van der Waals surface area contributed by atoms with Crippen LogP contribution in [0.3, 0.4) is 0 Å². The summed E-state index contributed by atoms with van der Waals surface area (Å²) < 4.78 is 5.56. The normalized spacial score (nSPS) is 19.6. The highest BCUT2D eigenvalue weighted by molar-refractivity contribution is 5.69. The van der Waals surface area contributed by atoms with Crippen LogP contribution in [0, 0.1) is 0 Å². The van der Waals surface area contributed by atoms with Gasteiger partial charge in [-0.2, -0.15) is 0 Å². The summed E-state index contributed by atoms with van der Waals surface area (Å²) in [5.74, 6) is 0.500. The second-order valence-electron chi connectivity index (χ2n) is 8.92. The Bertz CT molecular complexity index is 969. The molecule has 0 bridgehead atoms. The van der Waals surface area contributed by atoms with E-state index < -0.39 is 5.60 Å². The molecule has 2 aromatic rings. The highest BCUT2D eigenvalue weighted by Gasteiger charge is 2.34. The van der Waals surface area contributed by atoms with Gasteiger partial charge in [-0.3, -0.25) is 9.69 Å². The molecule has 1 saturated heterocycles. The maximum Gasteiger partial charge on any atom is 0.410 e. The molecule has 2 aliphatic rings. The van der Waals surface area contributed by atoms with Crippen LogP contribution in [0.2, 0.25) is 0 Å². The van der Waals surface area contributed by atoms with E-state index in [1.165, 1.54) is 6.33 Å². The molecule has 9 nitrogen and oxygen atoms in total. The molecule has 4 rings (SSSR count). The van der Waals surface area contributed by atoms with Crippen LogP contribution in [0.1, 0.15) is 44.9 Å². The molecule has 1 unspecified atom stereocenters. The maximum absolute atomic E-state index is 12.7. The van der Waals surface area contributed by atoms with Crippen molar-refractivity contribution in [1.29, 1.82) is 0 Å². The molecule has 2 aromatic heterocycles. The van der Waals surface area contributed by atoms with Crippen molar-refractivity contribution in [1.82, 2.24) is 29.7 Å². The van der Waals surface area contributed by atoms with Gasteiger partial charge in [-0.1, -0.05) is 0 Å². The van der Waals surface area contributed by atoms with E-state index in [0.717, 1.165) is 31.6 Å². The number of nitrogens with one attached hydrogen (secondary N) is 1. The lowest BCUT2D eigenvalue weighted by Gasteiger charge is -2.34. The predicted octanol–water partition coefficient (Wildman–Crippen LogP) is 1.98. The Kier molecular flexibility index (Phi) is 5.55. The average Bonchev–Trinajstić information content (AvgIpc) is 3.16. The van der Waals surface area contributed by atoms with Crippen LogP contribution in [-0.2, 0) is 17.7 Å². The third-order valence-corrected chi connectivity index (χ3v) is 5.46. The first kappa shape index (κ1) is 20.5. The van der Waals surface area contributed by atoms with Gasteiger partial charge in [0, 0.05) is 51.0 Å². The number of ether oxygens (including phenoxy) is 1. The molecule has 2 aliphatic heterocycles. The van der Waals surface area contributed by atoms with Gasteiger partial charge >= 0.3 is 6.09 Å². The number of hydrogen-bond donors (Lipinski definition) is 1. The van der Waals surface area contributed by atoms with Gasteiger partial charge in [0.1, 0.15) is 17.8 Å². The van der Waals surface area contributed by atoms with Gasteiger partial charge in [-0.05, 0) is 33.6 Å². The zero-order chi connectivity index (χ0) is 21.3. The summed E-state index contributed by atoms with van der Waals surface area (Å²) in [7, 11) is 0. The fourth-order valence-corrected chi connectivity index (χ4v) is 4.08. The average molecular weight is 412 g/mol. The first-order valence-electron chi connectivity index (χ1n) is 10.4. The van der Waals surface area contributed by atoms with Crippen LogP contribution in [-0.4, -0.2) is 67.1 Å². The van der Waals surface area contributed by atoms with E-state index >= 15 is 0 Å². The molecule has 0 aliphatic carbocycles. The third-order valence-electron chi connectivity index (χ3n) is 5.46. The van der Waals surface area contributed by atoms with Gasteiger partial charge in [-0.15, -0.1) is 0 Å². The molecule has 1 N–H and O–H groups in total. The number of nitrogens with zero attached hydrogens (tertiary/aromatic N) is 5. The fraction of sp³-hybridized carbons (Fsp3) is 0.571. The number of aromatic nitrogens is 4. The van der Waals surface area contributed by atoms with E-state index in [2.05, 4.69) is 24.8 Å². The van der Waals surface area contributed by atoms with Crippen molar-refractivity contribution in [2.24, 2.45) is 0 Å². The zero-order valence-electron chi connectivity index (χ0n) is 17.7. The molecule has 1 atom stereocenters. The molecule has 0 radical (unpaired) electrons. The van der Waals surface area contributed by atoms with E-state index in [9.17, 15) is 9.59 Å². The molecule has 30 heavy (non-hydrogen) atoms. The van der Waals surface area contributed by atoms with Crippen LogP contribution in [0.15, 0.2) is 23.5 Å². The van der Waals surface area contributed by atoms with Crippen molar-refractivity contribution in [3.8, 4) is 11.4 Å². The minimum absolute atomic E-state index is 0.106. The Morgan fingerprint density at radius 1 is 1.27 bits per heavy atom. The predicted molar refractivity (Wildman–Crippen MR) is 111 cm³/mol. The van der Waals surface area contributed by atoms with Crippen LogP contribution < -0.4 is 5.56 Å². The van der Waals surface area contributed by atoms with Gasteiger partial charge in [-0.25, -0.2) is 19.7 Å². The van der Waals surface area contributed by atoms with E-state index in [4.69, 9.17) is 4.74 Å². The summed E-state index contributed by atoms with van der Waals surface area (Å²) >= 11 is 0. The number of carbonyl (C=O) groups is 1. The van der Waals surface area contributed by atoms with E-state index in [0.29, 0.717) is 36.5 Å². The van der Waals surface area contributed by atoms with Crippen molar-refractivity contribution < 1.29 is 9.53 Å². The Morgan fingerprint density at radius 2 is 2.03 bits per heavy atom. The zero-order valence-corrected chi connectivity index (χ0v) is 17.7. The third kappa shape index (κ3) is 4.51. The molecular weight excluding hydrogens is 384 g/mol. The van der Waals surface area contributed by atoms with Crippen LogP contribution in [0.4, 0.5) is 4.79 Å². The molecule has 4 heterocycles. The fourth-order valence-electron chi connectivity index (χ4n) is 4.08. The first-order chi connectivity index (χ1) is 14.3. The second-order valence-corrected chi connectivity index (χ2v) is 8.92. The number of fused-ring (bicyclic) bond motifs is 1. The quantitative estimate of drug-likeness (QED) is 0.822. The molecule has 9 heteroatoms. The Hall–Kier alpha value is -2.81. The molecular formula is C21H28N6O3. The minimum Gasteiger partial charge on any atom is -0.444 e. The lowest BCUT2D eigenvalue weighted by molar-refractivity contribution is 0.0192. The Morgan fingerprint density at radius 3 is 2.77 bits per heavy atom. The monoisotopic (exact) mass is 412 g/mol. The number of carbonyl (C=O) groups excluding carboxylic acids is 1. The summed E-state index contributed by atoms with van der Waals surface area (Å²) in [5, 5.41) is 0. The summed E-state index contributed by atoms with van der Waals surface area (Å²) in [4.78, 5) is 44.8. The lowest BCUT2D eigenvalue weighted by atomic mass is 10.1. The summed E-state index contributed by atoms with van der Waals surface area (Å²) in [6.45, 7) is 8.42. The standard InChI is InChI=1S/C21H28N6O3/c1-21(2,3)30-20(29)27-7-4-5-15(27)11-26-8-6-17-16(12-26)19(28)25-18(24-17)14-9-22-13-23-10-14/h9-10,13,15H,4-8,11-12H2,1-3H3,(H,24,25,28). The number of amides is 1. The molecule has 0 saturated carbocycles. The van der Waals surface area contributed by atoms with E-state index in [-0.39, 0.29) is 17.7 Å². The van der Waals surface area contributed by atoms with E-state index in [1.807, 2.05) is 25.7 Å². The van der Waals surface area contributed by atoms with Crippen LogP contribution >= 0.6 is 0 Å². The van der Waals surface area contributed by atoms with Crippen molar-refractivity contribution >= 4 is 6.09 Å². The van der Waals surface area contributed by atoms with Crippen molar-refractivity contribution in [2.75, 3.05) is 19.6 Å². The maximum atomic E-state index is 12.7. The summed E-state index contributed by atoms with van der Waals surface area (Å²) in [6, 6.07) is 0.106. The first-order valence-corrected chi connectivity index (χ1v) is 10.4. The van der Waals surface area contributed by atoms with Gasteiger partial charge in [0.05, 0.1) is 16.8 Å². The number of likely N-dealkylation sites (tertiary alicyclic amines) is 1. The van der Waals surface area contributed by atoms with Gasteiger partial charge in [0.25, 0.3) is 5.56 Å². The molecule has 0 spiro atoms. The lowest BCUT2D eigenvalue weighted by Crippen LogP contribution is -2.47. The number of aromatic amines is 1. The molecule has 1 fully saturated rings. The summed E-state index contributed by atoms with van der Waals surface area (Å²) in [5.41, 5.74) is 1.58. The highest BCUT2D eigenvalue weighted by Crippen LogP contribution is 2.24. The Labute approximate surface area is 175 Å². The molecule has 0 aromatic carbocycles. The number of H-pyrrole nitrogens is 1. The highest BCUT2D eigenvalue weighted by atomic mass is 16.6. The topological polar surface area (TPSA) is 104 Å². The SMILES string of the molecule is CC(C)(C)OC(=O)N1CCCC1CN1CCc2nc(-c3cncnc3)[nH]c(=O)c2C1. The smallest absolute Gasteiger partial charge is 0.410 e. The number of rotatable bonds is 3. The van der Waals surface area contributed by atoms with Crippen LogP contribution in [0.5, 0.6) is 0 Å². The molecule has 1 amide bonds. The van der Waals surface area contributed by atoms with Crippen molar-refractivity contribution in [2.45, 2.75) is 58.2 Å². The van der Waals surface area contributed by atoms with Gasteiger partial charge in [0.15, 0.2) is 0 Å². The van der Waals surface area contributed by atoms with Crippen molar-refractivity contribution in [3.05, 3.63) is 40.3 Å². The minimum atomic E-state index is -0.505. The largest absolute Gasteiger partial charge is 0.444 e. The second kappa shape index (κ2) is 8.14. The van der Waals surface area contributed by atoms with Gasteiger partial charge in [0.2, 0.25) is 0 Å². The Balaban J connectivity index is 1.46. The van der Waals surface area contributed by atoms with Crippen molar-refractivity contribution in [3.63, 3.8) is 0 Å². The molecule has 160 valence electrons.